The Labute approximate surface area is 271 Å². The first-order chi connectivity index (χ1) is 22.8. The van der Waals surface area contributed by atoms with Crippen molar-refractivity contribution in [1.29, 1.82) is 10.5 Å². The molecule has 0 unspecified atom stereocenters. The van der Waals surface area contributed by atoms with Crippen LogP contribution in [-0.4, -0.2) is 45.1 Å². The van der Waals surface area contributed by atoms with Gasteiger partial charge >= 0.3 is 0 Å². The fourth-order valence-electron chi connectivity index (χ4n) is 5.65. The fourth-order valence-corrected chi connectivity index (χ4v) is 5.65. The molecule has 2 aromatic heterocycles. The topological polar surface area (TPSA) is 148 Å². The van der Waals surface area contributed by atoms with Crippen molar-refractivity contribution in [3.8, 4) is 17.8 Å². The first-order valence-electron chi connectivity index (χ1n) is 15.2. The van der Waals surface area contributed by atoms with Crippen LogP contribution in [0.3, 0.4) is 0 Å². The zero-order chi connectivity index (χ0) is 33.1. The van der Waals surface area contributed by atoms with Crippen LogP contribution in [0, 0.1) is 28.6 Å². The summed E-state index contributed by atoms with van der Waals surface area (Å²) in [6.07, 6.45) is 3.57. The highest BCUT2D eigenvalue weighted by Crippen LogP contribution is 2.37. The van der Waals surface area contributed by atoms with Crippen molar-refractivity contribution in [2.24, 2.45) is 5.92 Å². The van der Waals surface area contributed by atoms with E-state index in [0.29, 0.717) is 45.9 Å². The van der Waals surface area contributed by atoms with Crippen LogP contribution >= 0.6 is 0 Å². The van der Waals surface area contributed by atoms with Gasteiger partial charge in [-0.1, -0.05) is 44.2 Å². The zero-order valence-corrected chi connectivity index (χ0v) is 25.8. The second-order valence-electron chi connectivity index (χ2n) is 11.3. The molecular formula is C36H30N8O3. The van der Waals surface area contributed by atoms with Crippen LogP contribution in [0.1, 0.15) is 47.4 Å². The number of anilines is 2. The van der Waals surface area contributed by atoms with Crippen molar-refractivity contribution in [2.45, 2.75) is 32.9 Å². The Morgan fingerprint density at radius 3 is 2.45 bits per heavy atom. The number of rotatable bonds is 7. The third-order valence-corrected chi connectivity index (χ3v) is 8.39. The number of nitrogens with one attached hydrogen (secondary N) is 1. The molecular weight excluding hydrogens is 592 g/mol. The molecule has 6 rings (SSSR count). The molecule has 5 aromatic rings. The fraction of sp³-hybridized carbons (Fsp3) is 0.194. The number of benzene rings is 3. The molecule has 0 bridgehead atoms. The summed E-state index contributed by atoms with van der Waals surface area (Å²) in [5.41, 5.74) is 3.67. The van der Waals surface area contributed by atoms with Gasteiger partial charge in [-0.2, -0.15) is 15.6 Å². The number of pyridine rings is 1. The predicted molar refractivity (Wildman–Crippen MR) is 175 cm³/mol. The highest BCUT2D eigenvalue weighted by molar-refractivity contribution is 6.13. The largest absolute Gasteiger partial charge is 0.342 e. The monoisotopic (exact) mass is 622 g/mol. The van der Waals surface area contributed by atoms with E-state index in [1.807, 2.05) is 37.3 Å². The lowest BCUT2D eigenvalue weighted by Crippen LogP contribution is -2.53. The minimum atomic E-state index is -1.10. The Kier molecular flexibility index (Phi) is 8.46. The molecule has 47 heavy (non-hydrogen) atoms. The maximum Gasteiger partial charge on any atom is 0.258 e. The van der Waals surface area contributed by atoms with Crippen LogP contribution in [0.25, 0.3) is 16.6 Å². The number of hydrogen-bond donors (Lipinski definition) is 1. The van der Waals surface area contributed by atoms with Gasteiger partial charge in [0.2, 0.25) is 5.91 Å². The van der Waals surface area contributed by atoms with Gasteiger partial charge in [0.1, 0.15) is 12.1 Å². The summed E-state index contributed by atoms with van der Waals surface area (Å²) in [5.74, 6) is -1.53. The predicted octanol–water partition coefficient (Wildman–Crippen LogP) is 4.89. The summed E-state index contributed by atoms with van der Waals surface area (Å²) in [4.78, 5) is 48.7. The molecule has 1 aliphatic rings. The molecule has 0 saturated heterocycles. The number of carbonyl (C=O) groups excluding carboxylic acids is 3. The number of carbonyl (C=O) groups is 3. The number of hydrogen-bond acceptors (Lipinski definition) is 7. The summed E-state index contributed by atoms with van der Waals surface area (Å²) in [6, 6.07) is 25.9. The zero-order valence-electron chi connectivity index (χ0n) is 25.8. The van der Waals surface area contributed by atoms with Gasteiger partial charge in [-0.15, -0.1) is 0 Å². The van der Waals surface area contributed by atoms with Crippen molar-refractivity contribution >= 4 is 40.0 Å². The SMILES string of the molecule is CC[C@@H](C)C(=O)N[C@H]1CN(C(=O)c2ccncc2)c2cc(C#N)ccc2N(Cc2nn(-c3ccccc3C#N)c3ccccc23)C1=O. The van der Waals surface area contributed by atoms with Crippen molar-refractivity contribution in [2.75, 3.05) is 16.3 Å². The third-order valence-electron chi connectivity index (χ3n) is 8.39. The molecule has 11 heteroatoms. The van der Waals surface area contributed by atoms with Gasteiger partial charge in [-0.25, -0.2) is 4.68 Å². The van der Waals surface area contributed by atoms with Gasteiger partial charge in [0.05, 0.1) is 58.6 Å². The smallest absolute Gasteiger partial charge is 0.258 e. The average Bonchev–Trinajstić information content (AvgIpc) is 3.44. The lowest BCUT2D eigenvalue weighted by molar-refractivity contribution is -0.129. The molecule has 1 N–H and O–H groups in total. The molecule has 0 aliphatic carbocycles. The minimum absolute atomic E-state index is 0.0209. The first kappa shape index (κ1) is 30.7. The molecule has 0 radical (unpaired) electrons. The Balaban J connectivity index is 1.52. The van der Waals surface area contributed by atoms with E-state index in [1.165, 1.54) is 22.2 Å². The van der Waals surface area contributed by atoms with E-state index in [-0.39, 0.29) is 24.9 Å². The number of aromatic nitrogens is 3. The molecule has 3 heterocycles. The van der Waals surface area contributed by atoms with Gasteiger partial charge in [0.15, 0.2) is 0 Å². The maximum atomic E-state index is 14.6. The number of nitrogens with zero attached hydrogens (tertiary/aromatic N) is 7. The van der Waals surface area contributed by atoms with Crippen LogP contribution in [-0.2, 0) is 16.1 Å². The maximum absolute atomic E-state index is 14.6. The third kappa shape index (κ3) is 5.78. The van der Waals surface area contributed by atoms with E-state index in [1.54, 1.807) is 60.1 Å². The summed E-state index contributed by atoms with van der Waals surface area (Å²) in [7, 11) is 0. The molecule has 0 saturated carbocycles. The van der Waals surface area contributed by atoms with Gasteiger partial charge < -0.3 is 15.1 Å². The first-order valence-corrected chi connectivity index (χ1v) is 15.2. The Bertz CT molecular complexity index is 2090. The van der Waals surface area contributed by atoms with Crippen LogP contribution in [0.2, 0.25) is 0 Å². The number of para-hydroxylation sites is 2. The van der Waals surface area contributed by atoms with Gasteiger partial charge in [-0.05, 0) is 55.0 Å². The quantitative estimate of drug-likeness (QED) is 0.272. The highest BCUT2D eigenvalue weighted by Gasteiger charge is 2.38. The second-order valence-corrected chi connectivity index (χ2v) is 11.3. The molecule has 11 nitrogen and oxygen atoms in total. The Morgan fingerprint density at radius 1 is 0.957 bits per heavy atom. The van der Waals surface area contributed by atoms with E-state index < -0.39 is 17.9 Å². The molecule has 3 aromatic carbocycles. The van der Waals surface area contributed by atoms with Crippen molar-refractivity contribution in [3.63, 3.8) is 0 Å². The normalized spacial score (nSPS) is 14.9. The van der Waals surface area contributed by atoms with Crippen LogP contribution in [0.4, 0.5) is 11.4 Å². The van der Waals surface area contributed by atoms with E-state index in [9.17, 15) is 24.9 Å². The Hall–Kier alpha value is -6.33. The Morgan fingerprint density at radius 2 is 1.70 bits per heavy atom. The van der Waals surface area contributed by atoms with Crippen molar-refractivity contribution in [3.05, 3.63) is 114 Å². The second kappa shape index (κ2) is 13.0. The van der Waals surface area contributed by atoms with Crippen molar-refractivity contribution < 1.29 is 14.4 Å². The van der Waals surface area contributed by atoms with Crippen LogP contribution in [0.5, 0.6) is 0 Å². The summed E-state index contributed by atoms with van der Waals surface area (Å²) >= 11 is 0. The van der Waals surface area contributed by atoms with Gasteiger partial charge in [-0.3, -0.25) is 19.4 Å². The van der Waals surface area contributed by atoms with Gasteiger partial charge in [0.25, 0.3) is 11.8 Å². The molecule has 0 spiro atoms. The molecule has 1 aliphatic heterocycles. The van der Waals surface area contributed by atoms with E-state index >= 15 is 0 Å². The lowest BCUT2D eigenvalue weighted by atomic mass is 10.1. The summed E-state index contributed by atoms with van der Waals surface area (Å²) < 4.78 is 1.69. The number of fused-ring (bicyclic) bond motifs is 2. The highest BCUT2D eigenvalue weighted by atomic mass is 16.2. The van der Waals surface area contributed by atoms with E-state index in [4.69, 9.17) is 5.10 Å². The lowest BCUT2D eigenvalue weighted by Gasteiger charge is -2.26. The summed E-state index contributed by atoms with van der Waals surface area (Å²) in [5, 5.41) is 28.2. The van der Waals surface area contributed by atoms with Crippen LogP contribution in [0.15, 0.2) is 91.3 Å². The molecule has 232 valence electrons. The van der Waals surface area contributed by atoms with Crippen molar-refractivity contribution in [1.82, 2.24) is 20.1 Å². The number of nitriles is 2. The average molecular weight is 623 g/mol. The van der Waals surface area contributed by atoms with Crippen LogP contribution < -0.4 is 15.1 Å². The summed E-state index contributed by atoms with van der Waals surface area (Å²) in [6.45, 7) is 3.48. The van der Waals surface area contributed by atoms with Gasteiger partial charge in [0, 0.05) is 29.3 Å². The molecule has 2 atom stereocenters. The standard InChI is InChI=1S/C36H30N8O3/c1-3-23(2)34(45)40-29-22-43(35(46)25-14-16-39-17-15-25)33-18-24(19-37)12-13-32(33)42(36(29)47)21-28-27-9-5-7-11-31(27)44(41-28)30-10-6-4-8-26(30)20-38/h4-18,23,29H,3,21-22H2,1-2H3,(H,40,45)/t23-,29+/m1/s1. The van der Waals surface area contributed by atoms with E-state index in [0.717, 1.165) is 10.9 Å². The minimum Gasteiger partial charge on any atom is -0.342 e. The van der Waals surface area contributed by atoms with E-state index in [2.05, 4.69) is 22.4 Å². The molecule has 0 fully saturated rings. The number of amides is 3. The molecule has 3 amide bonds.